The molecule has 1 amide bonds. The molecule has 0 saturated carbocycles. The molecule has 27 heavy (non-hydrogen) atoms. The average Bonchev–Trinajstić information content (AvgIpc) is 3.37. The van der Waals surface area contributed by atoms with E-state index in [1.807, 2.05) is 17.2 Å². The first-order valence-corrected chi connectivity index (χ1v) is 11.0. The summed E-state index contributed by atoms with van der Waals surface area (Å²) in [6, 6.07) is 12.7. The summed E-state index contributed by atoms with van der Waals surface area (Å²) in [6.45, 7) is 6.45. The van der Waals surface area contributed by atoms with Crippen LogP contribution in [0.2, 0.25) is 0 Å². The van der Waals surface area contributed by atoms with E-state index < -0.39 is 0 Å². The zero-order valence-corrected chi connectivity index (χ0v) is 17.1. The molecule has 4 rings (SSSR count). The van der Waals surface area contributed by atoms with Gasteiger partial charge in [-0.3, -0.25) is 9.69 Å². The van der Waals surface area contributed by atoms with Crippen molar-refractivity contribution in [3.63, 3.8) is 0 Å². The fourth-order valence-electron chi connectivity index (χ4n) is 3.35. The Morgan fingerprint density at radius 3 is 2.59 bits per heavy atom. The SMILES string of the molecule is Cc1nc(-c2ccsc2)sc1C(=O)N1CCN(CCc2ccccc2)CC1. The summed E-state index contributed by atoms with van der Waals surface area (Å²) in [5, 5.41) is 5.07. The molecule has 6 heteroatoms. The van der Waals surface area contributed by atoms with E-state index in [0.717, 1.165) is 60.3 Å². The van der Waals surface area contributed by atoms with Crippen LogP contribution in [0.5, 0.6) is 0 Å². The van der Waals surface area contributed by atoms with E-state index in [0.29, 0.717) is 0 Å². The van der Waals surface area contributed by atoms with Crippen LogP contribution in [0, 0.1) is 6.92 Å². The van der Waals surface area contributed by atoms with Crippen LogP contribution in [0.4, 0.5) is 0 Å². The molecular formula is C21H23N3OS2. The smallest absolute Gasteiger partial charge is 0.265 e. The van der Waals surface area contributed by atoms with Crippen molar-refractivity contribution in [1.29, 1.82) is 0 Å². The maximum atomic E-state index is 13.0. The molecule has 0 unspecified atom stereocenters. The van der Waals surface area contributed by atoms with Gasteiger partial charge in [0.15, 0.2) is 0 Å². The summed E-state index contributed by atoms with van der Waals surface area (Å²) in [4.78, 5) is 22.8. The third kappa shape index (κ3) is 4.29. The fraction of sp³-hybridized carbons (Fsp3) is 0.333. The lowest BCUT2D eigenvalue weighted by Gasteiger charge is -2.34. The summed E-state index contributed by atoms with van der Waals surface area (Å²) in [5.41, 5.74) is 3.33. The van der Waals surface area contributed by atoms with Crippen molar-refractivity contribution in [3.05, 3.63) is 63.3 Å². The molecule has 1 saturated heterocycles. The summed E-state index contributed by atoms with van der Waals surface area (Å²) in [7, 11) is 0. The molecule has 1 aliphatic heterocycles. The molecule has 0 atom stereocenters. The van der Waals surface area contributed by atoms with E-state index >= 15 is 0 Å². The van der Waals surface area contributed by atoms with Crippen molar-refractivity contribution in [2.24, 2.45) is 0 Å². The Labute approximate surface area is 168 Å². The van der Waals surface area contributed by atoms with E-state index in [2.05, 4.69) is 51.7 Å². The molecule has 3 heterocycles. The monoisotopic (exact) mass is 397 g/mol. The zero-order valence-electron chi connectivity index (χ0n) is 15.4. The second kappa shape index (κ2) is 8.33. The predicted molar refractivity (Wildman–Crippen MR) is 113 cm³/mol. The van der Waals surface area contributed by atoms with E-state index in [1.54, 1.807) is 11.3 Å². The van der Waals surface area contributed by atoms with E-state index in [1.165, 1.54) is 16.9 Å². The topological polar surface area (TPSA) is 36.4 Å². The standard InChI is InChI=1S/C21H23N3OS2/c1-16-19(27-20(22-16)18-8-14-26-15-18)21(25)24-12-10-23(11-13-24)9-7-17-5-3-2-4-6-17/h2-6,8,14-15H,7,9-13H2,1H3. The summed E-state index contributed by atoms with van der Waals surface area (Å²) >= 11 is 3.17. The molecule has 140 valence electrons. The van der Waals surface area contributed by atoms with Gasteiger partial charge in [-0.2, -0.15) is 11.3 Å². The van der Waals surface area contributed by atoms with Crippen LogP contribution in [0.1, 0.15) is 20.9 Å². The molecule has 1 aliphatic rings. The minimum atomic E-state index is 0.134. The van der Waals surface area contributed by atoms with Crippen LogP contribution in [-0.2, 0) is 6.42 Å². The predicted octanol–water partition coefficient (Wildman–Crippen LogP) is 4.18. The van der Waals surface area contributed by atoms with E-state index in [4.69, 9.17) is 0 Å². The maximum Gasteiger partial charge on any atom is 0.265 e. The first-order valence-electron chi connectivity index (χ1n) is 9.26. The van der Waals surface area contributed by atoms with Crippen molar-refractivity contribution < 1.29 is 4.79 Å². The van der Waals surface area contributed by atoms with Crippen LogP contribution in [0.15, 0.2) is 47.2 Å². The Hall–Kier alpha value is -2.02. The Kier molecular flexibility index (Phi) is 5.66. The van der Waals surface area contributed by atoms with Crippen molar-refractivity contribution >= 4 is 28.6 Å². The van der Waals surface area contributed by atoms with Gasteiger partial charge in [-0.05, 0) is 30.4 Å². The van der Waals surface area contributed by atoms with Crippen LogP contribution in [0.25, 0.3) is 10.6 Å². The molecule has 0 aliphatic carbocycles. The summed E-state index contributed by atoms with van der Waals surface area (Å²) < 4.78 is 0. The van der Waals surface area contributed by atoms with Gasteiger partial charge in [0.05, 0.1) is 5.69 Å². The molecule has 0 radical (unpaired) electrons. The third-order valence-corrected chi connectivity index (χ3v) is 6.86. The zero-order chi connectivity index (χ0) is 18.6. The molecule has 0 bridgehead atoms. The lowest BCUT2D eigenvalue weighted by Crippen LogP contribution is -2.49. The third-order valence-electron chi connectivity index (χ3n) is 4.98. The van der Waals surface area contributed by atoms with Gasteiger partial charge >= 0.3 is 0 Å². The first kappa shape index (κ1) is 18.3. The number of nitrogens with zero attached hydrogens (tertiary/aromatic N) is 3. The number of carbonyl (C=O) groups is 1. The average molecular weight is 398 g/mol. The van der Waals surface area contributed by atoms with Gasteiger partial charge in [0, 0.05) is 43.7 Å². The number of aromatic nitrogens is 1. The highest BCUT2D eigenvalue weighted by atomic mass is 32.1. The molecule has 4 nitrogen and oxygen atoms in total. The van der Waals surface area contributed by atoms with Gasteiger partial charge in [-0.1, -0.05) is 30.3 Å². The Morgan fingerprint density at radius 2 is 1.89 bits per heavy atom. The summed E-state index contributed by atoms with van der Waals surface area (Å²) in [6.07, 6.45) is 1.06. The number of hydrogen-bond donors (Lipinski definition) is 0. The molecule has 0 spiro atoms. The van der Waals surface area contributed by atoms with Gasteiger partial charge in [0.2, 0.25) is 0 Å². The van der Waals surface area contributed by atoms with Crippen molar-refractivity contribution in [2.45, 2.75) is 13.3 Å². The minimum Gasteiger partial charge on any atom is -0.335 e. The quantitative estimate of drug-likeness (QED) is 0.648. The van der Waals surface area contributed by atoms with Crippen LogP contribution in [-0.4, -0.2) is 53.4 Å². The van der Waals surface area contributed by atoms with Gasteiger partial charge in [-0.15, -0.1) is 11.3 Å². The molecule has 2 aromatic heterocycles. The Balaban J connectivity index is 1.33. The van der Waals surface area contributed by atoms with Gasteiger partial charge in [0.25, 0.3) is 5.91 Å². The Bertz CT molecular complexity index is 882. The van der Waals surface area contributed by atoms with Gasteiger partial charge in [-0.25, -0.2) is 4.98 Å². The normalized spacial score (nSPS) is 15.2. The summed E-state index contributed by atoms with van der Waals surface area (Å²) in [5.74, 6) is 0.134. The number of carbonyl (C=O) groups excluding carboxylic acids is 1. The number of rotatable bonds is 5. The molecule has 1 aromatic carbocycles. The number of thiazole rings is 1. The molecule has 1 fully saturated rings. The molecular weight excluding hydrogens is 374 g/mol. The second-order valence-electron chi connectivity index (χ2n) is 6.82. The van der Waals surface area contributed by atoms with Crippen LogP contribution in [0.3, 0.4) is 0 Å². The first-order chi connectivity index (χ1) is 13.2. The highest BCUT2D eigenvalue weighted by Gasteiger charge is 2.25. The lowest BCUT2D eigenvalue weighted by atomic mass is 10.1. The molecule has 3 aromatic rings. The second-order valence-corrected chi connectivity index (χ2v) is 8.59. The van der Waals surface area contributed by atoms with Crippen LogP contribution < -0.4 is 0 Å². The number of piperazine rings is 1. The van der Waals surface area contributed by atoms with E-state index in [-0.39, 0.29) is 5.91 Å². The van der Waals surface area contributed by atoms with Gasteiger partial charge in [0.1, 0.15) is 9.88 Å². The largest absolute Gasteiger partial charge is 0.335 e. The number of aryl methyl sites for hydroxylation is 1. The number of hydrogen-bond acceptors (Lipinski definition) is 5. The number of thiophene rings is 1. The molecule has 0 N–H and O–H groups in total. The van der Waals surface area contributed by atoms with Crippen molar-refractivity contribution in [3.8, 4) is 10.6 Å². The van der Waals surface area contributed by atoms with Crippen molar-refractivity contribution in [1.82, 2.24) is 14.8 Å². The maximum absolute atomic E-state index is 13.0. The minimum absolute atomic E-state index is 0.134. The highest BCUT2D eigenvalue weighted by molar-refractivity contribution is 7.17. The number of amides is 1. The number of benzene rings is 1. The highest BCUT2D eigenvalue weighted by Crippen LogP contribution is 2.30. The van der Waals surface area contributed by atoms with Crippen LogP contribution >= 0.6 is 22.7 Å². The van der Waals surface area contributed by atoms with Crippen molar-refractivity contribution in [2.75, 3.05) is 32.7 Å². The fourth-order valence-corrected chi connectivity index (χ4v) is 5.10. The van der Waals surface area contributed by atoms with E-state index in [9.17, 15) is 4.79 Å². The van der Waals surface area contributed by atoms with Gasteiger partial charge < -0.3 is 4.90 Å². The lowest BCUT2D eigenvalue weighted by molar-refractivity contribution is 0.0642. The Morgan fingerprint density at radius 1 is 1.11 bits per heavy atom.